The Morgan fingerprint density at radius 3 is 2.53 bits per heavy atom. The van der Waals surface area contributed by atoms with E-state index in [-0.39, 0.29) is 11.7 Å². The third-order valence-electron chi connectivity index (χ3n) is 7.09. The van der Waals surface area contributed by atoms with Crippen molar-refractivity contribution in [3.63, 3.8) is 0 Å². The van der Waals surface area contributed by atoms with Gasteiger partial charge in [0.15, 0.2) is 0 Å². The quantitative estimate of drug-likeness (QED) is 0.478. The first-order chi connectivity index (χ1) is 15.7. The summed E-state index contributed by atoms with van der Waals surface area (Å²) >= 11 is 0. The highest BCUT2D eigenvalue weighted by atomic mass is 16.5. The second-order valence-corrected chi connectivity index (χ2v) is 9.07. The third-order valence-corrected chi connectivity index (χ3v) is 7.09. The number of nitrogens with zero attached hydrogens (tertiary/aromatic N) is 1. The van der Waals surface area contributed by atoms with Gasteiger partial charge in [-0.15, -0.1) is 0 Å². The molecule has 2 aromatic carbocycles. The molecule has 2 unspecified atom stereocenters. The van der Waals surface area contributed by atoms with Crippen LogP contribution in [-0.2, 0) is 21.6 Å². The van der Waals surface area contributed by atoms with Gasteiger partial charge in [-0.1, -0.05) is 84.5 Å². The molecule has 0 saturated carbocycles. The summed E-state index contributed by atoms with van der Waals surface area (Å²) in [6.45, 7) is 6.08. The van der Waals surface area contributed by atoms with E-state index in [0.29, 0.717) is 13.2 Å². The summed E-state index contributed by atoms with van der Waals surface area (Å²) in [5.74, 6) is 0.556. The molecule has 3 nitrogen and oxygen atoms in total. The summed E-state index contributed by atoms with van der Waals surface area (Å²) in [6, 6.07) is 20.8. The molecule has 1 aliphatic heterocycles. The molecule has 2 aromatic rings. The summed E-state index contributed by atoms with van der Waals surface area (Å²) in [6.07, 6.45) is 10.7. The van der Waals surface area contributed by atoms with Gasteiger partial charge >= 0.3 is 0 Å². The highest BCUT2D eigenvalue weighted by molar-refractivity contribution is 5.92. The Morgan fingerprint density at radius 2 is 1.84 bits per heavy atom. The molecule has 0 amide bonds. The van der Waals surface area contributed by atoms with E-state index < -0.39 is 5.41 Å². The number of rotatable bonds is 9. The Morgan fingerprint density at radius 1 is 1.09 bits per heavy atom. The van der Waals surface area contributed by atoms with Crippen LogP contribution in [0.3, 0.4) is 0 Å². The molecule has 2 atom stereocenters. The lowest BCUT2D eigenvalue weighted by molar-refractivity contribution is -0.124. The second-order valence-electron chi connectivity index (χ2n) is 9.07. The van der Waals surface area contributed by atoms with E-state index in [2.05, 4.69) is 59.5 Å². The lowest BCUT2D eigenvalue weighted by atomic mass is 9.59. The Hall–Kier alpha value is -2.49. The van der Waals surface area contributed by atoms with Gasteiger partial charge in [0.1, 0.15) is 5.78 Å². The van der Waals surface area contributed by atoms with Crippen molar-refractivity contribution in [2.24, 2.45) is 5.92 Å². The number of hydrogen-bond acceptors (Lipinski definition) is 3. The molecule has 1 fully saturated rings. The van der Waals surface area contributed by atoms with Gasteiger partial charge in [-0.05, 0) is 56.2 Å². The molecule has 168 valence electrons. The van der Waals surface area contributed by atoms with E-state index in [0.717, 1.165) is 50.9 Å². The first-order valence-electron chi connectivity index (χ1n) is 12.0. The summed E-state index contributed by atoms with van der Waals surface area (Å²) < 4.78 is 5.96. The van der Waals surface area contributed by atoms with Crippen LogP contribution in [0, 0.1) is 5.92 Å². The summed E-state index contributed by atoms with van der Waals surface area (Å²) in [7, 11) is 0. The van der Waals surface area contributed by atoms with Crippen molar-refractivity contribution in [3.05, 3.63) is 95.6 Å². The number of ketones is 1. The Bertz CT molecular complexity index is 934. The third kappa shape index (κ3) is 4.95. The molecular weight excluding hydrogens is 394 g/mol. The van der Waals surface area contributed by atoms with Crippen molar-refractivity contribution in [1.29, 1.82) is 0 Å². The van der Waals surface area contributed by atoms with Crippen LogP contribution in [0.5, 0.6) is 0 Å². The zero-order valence-corrected chi connectivity index (χ0v) is 19.2. The SMILES string of the molecule is CC(=O)C(C1=CC=CCC1)(c1ccccc1)C1CCCN(CCOCc2ccccc2)C1. The average Bonchev–Trinajstić information content (AvgIpc) is 2.84. The van der Waals surface area contributed by atoms with Gasteiger partial charge in [0.2, 0.25) is 0 Å². The molecule has 0 N–H and O–H groups in total. The van der Waals surface area contributed by atoms with Gasteiger partial charge in [-0.25, -0.2) is 0 Å². The monoisotopic (exact) mass is 429 g/mol. The molecular formula is C29H35NO2. The van der Waals surface area contributed by atoms with Gasteiger partial charge in [0.05, 0.1) is 18.6 Å². The van der Waals surface area contributed by atoms with Crippen LogP contribution in [0.4, 0.5) is 0 Å². The van der Waals surface area contributed by atoms with Crippen LogP contribution in [0.1, 0.15) is 43.7 Å². The smallest absolute Gasteiger partial charge is 0.144 e. The van der Waals surface area contributed by atoms with Crippen molar-refractivity contribution < 1.29 is 9.53 Å². The fraction of sp³-hybridized carbons (Fsp3) is 0.414. The minimum atomic E-state index is -0.532. The summed E-state index contributed by atoms with van der Waals surface area (Å²) in [4.78, 5) is 16.0. The Kier molecular flexibility index (Phi) is 7.72. The van der Waals surface area contributed by atoms with Crippen LogP contribution >= 0.6 is 0 Å². The molecule has 1 aliphatic carbocycles. The zero-order chi connectivity index (χ0) is 22.2. The maximum absolute atomic E-state index is 13.5. The average molecular weight is 430 g/mol. The number of carbonyl (C=O) groups excluding carboxylic acids is 1. The predicted octanol–water partition coefficient (Wildman–Crippen LogP) is 5.72. The minimum Gasteiger partial charge on any atom is -0.375 e. The number of Topliss-reactive ketones (excluding diaryl/α,β-unsaturated/α-hetero) is 1. The van der Waals surface area contributed by atoms with E-state index in [1.54, 1.807) is 6.92 Å². The predicted molar refractivity (Wildman–Crippen MR) is 131 cm³/mol. The highest BCUT2D eigenvalue weighted by Crippen LogP contribution is 2.46. The molecule has 0 aromatic heterocycles. The van der Waals surface area contributed by atoms with Gasteiger partial charge < -0.3 is 9.64 Å². The molecule has 3 heteroatoms. The first-order valence-corrected chi connectivity index (χ1v) is 12.0. The largest absolute Gasteiger partial charge is 0.375 e. The number of carbonyl (C=O) groups is 1. The summed E-state index contributed by atoms with van der Waals surface area (Å²) in [5.41, 5.74) is 3.11. The van der Waals surface area contributed by atoms with Crippen LogP contribution in [0.2, 0.25) is 0 Å². The van der Waals surface area contributed by atoms with E-state index in [1.807, 2.05) is 24.3 Å². The Labute approximate surface area is 192 Å². The lowest BCUT2D eigenvalue weighted by Crippen LogP contribution is -2.51. The number of ether oxygens (including phenoxy) is 1. The maximum Gasteiger partial charge on any atom is 0.144 e. The van der Waals surface area contributed by atoms with E-state index >= 15 is 0 Å². The summed E-state index contributed by atoms with van der Waals surface area (Å²) in [5, 5.41) is 0. The molecule has 0 spiro atoms. The Balaban J connectivity index is 1.50. The molecule has 1 saturated heterocycles. The van der Waals surface area contributed by atoms with Crippen molar-refractivity contribution in [3.8, 4) is 0 Å². The fourth-order valence-corrected chi connectivity index (χ4v) is 5.60. The van der Waals surface area contributed by atoms with Gasteiger partial charge in [0, 0.05) is 13.1 Å². The van der Waals surface area contributed by atoms with Gasteiger partial charge in [-0.2, -0.15) is 0 Å². The van der Waals surface area contributed by atoms with Crippen LogP contribution in [0.25, 0.3) is 0 Å². The fourth-order valence-electron chi connectivity index (χ4n) is 5.60. The van der Waals surface area contributed by atoms with E-state index in [9.17, 15) is 4.79 Å². The number of benzene rings is 2. The number of allylic oxidation sites excluding steroid dienone is 4. The topological polar surface area (TPSA) is 29.5 Å². The van der Waals surface area contributed by atoms with Gasteiger partial charge in [0.25, 0.3) is 0 Å². The second kappa shape index (κ2) is 10.9. The molecule has 0 bridgehead atoms. The number of hydrogen-bond donors (Lipinski definition) is 0. The first kappa shape index (κ1) is 22.7. The van der Waals surface area contributed by atoms with Crippen LogP contribution in [0.15, 0.2) is 84.5 Å². The molecule has 2 aliphatic rings. The molecule has 0 radical (unpaired) electrons. The van der Waals surface area contributed by atoms with Crippen molar-refractivity contribution >= 4 is 5.78 Å². The molecule has 4 rings (SSSR count). The van der Waals surface area contributed by atoms with Crippen LogP contribution < -0.4 is 0 Å². The molecule has 32 heavy (non-hydrogen) atoms. The van der Waals surface area contributed by atoms with Crippen molar-refractivity contribution in [2.75, 3.05) is 26.2 Å². The van der Waals surface area contributed by atoms with Crippen molar-refractivity contribution in [2.45, 2.75) is 44.6 Å². The highest BCUT2D eigenvalue weighted by Gasteiger charge is 2.48. The molecule has 1 heterocycles. The van der Waals surface area contributed by atoms with Gasteiger partial charge in [-0.3, -0.25) is 4.79 Å². The number of piperidine rings is 1. The zero-order valence-electron chi connectivity index (χ0n) is 19.2. The van der Waals surface area contributed by atoms with Crippen molar-refractivity contribution in [1.82, 2.24) is 4.90 Å². The standard InChI is InChI=1S/C29H35NO2/c1-24(31)29(26-14-7-3-8-15-26,27-16-9-4-10-17-27)28-18-11-19-30(22-28)20-21-32-23-25-12-5-2-6-13-25/h2-9,12-16,28H,10-11,17-23H2,1H3. The number of likely N-dealkylation sites (tertiary alicyclic amines) is 1. The van der Waals surface area contributed by atoms with Crippen LogP contribution in [-0.4, -0.2) is 36.9 Å². The lowest BCUT2D eigenvalue weighted by Gasteiger charge is -2.46. The van der Waals surface area contributed by atoms with E-state index in [4.69, 9.17) is 4.74 Å². The van der Waals surface area contributed by atoms with E-state index in [1.165, 1.54) is 11.1 Å². The minimum absolute atomic E-state index is 0.275. The normalized spacial score (nSPS) is 21.0. The maximum atomic E-state index is 13.5.